The number of nitrogens with two attached hydrogens (primary N) is 1. The molecule has 1 aliphatic carbocycles. The van der Waals surface area contributed by atoms with Crippen molar-refractivity contribution in [2.75, 3.05) is 31.5 Å². The van der Waals surface area contributed by atoms with E-state index in [4.69, 9.17) is 5.73 Å². The molecule has 2 aromatic carbocycles. The molecule has 0 radical (unpaired) electrons. The normalized spacial score (nSPS) is 16.2. The maximum absolute atomic E-state index is 13.4. The maximum Gasteiger partial charge on any atom is 0.238 e. The van der Waals surface area contributed by atoms with Gasteiger partial charge in [0.05, 0.1) is 29.1 Å². The zero-order chi connectivity index (χ0) is 21.4. The van der Waals surface area contributed by atoms with Gasteiger partial charge in [0.25, 0.3) is 0 Å². The molecule has 0 unspecified atom stereocenters. The molecule has 0 bridgehead atoms. The fourth-order valence-corrected chi connectivity index (χ4v) is 4.57. The number of ketones is 1. The molecule has 1 saturated heterocycles. The summed E-state index contributed by atoms with van der Waals surface area (Å²) in [5.41, 5.74) is 10.4. The molecule has 31 heavy (non-hydrogen) atoms. The zero-order valence-corrected chi connectivity index (χ0v) is 17.2. The summed E-state index contributed by atoms with van der Waals surface area (Å²) in [5.74, 6) is 0.331. The van der Waals surface area contributed by atoms with Crippen LogP contribution in [0.4, 0.5) is 5.69 Å². The van der Waals surface area contributed by atoms with Gasteiger partial charge < -0.3 is 11.1 Å². The number of H-pyrrole nitrogens is 1. The lowest BCUT2D eigenvalue weighted by atomic mass is 9.97. The highest BCUT2D eigenvalue weighted by Gasteiger charge is 2.35. The number of hydrogen-bond donors (Lipinski definition) is 3. The number of aromatic amines is 1. The van der Waals surface area contributed by atoms with Crippen molar-refractivity contribution in [1.82, 2.24) is 15.1 Å². The van der Waals surface area contributed by atoms with Crippen LogP contribution in [0.5, 0.6) is 0 Å². The van der Waals surface area contributed by atoms with Crippen molar-refractivity contribution < 1.29 is 9.59 Å². The van der Waals surface area contributed by atoms with Gasteiger partial charge in [-0.1, -0.05) is 42.5 Å². The third-order valence-electron chi connectivity index (χ3n) is 6.28. The molecule has 2 heterocycles. The minimum atomic E-state index is -0.114. The number of anilines is 1. The lowest BCUT2D eigenvalue weighted by Crippen LogP contribution is -2.40. The number of amides is 1. The van der Waals surface area contributed by atoms with Crippen molar-refractivity contribution in [2.24, 2.45) is 11.7 Å². The van der Waals surface area contributed by atoms with Gasteiger partial charge in [0, 0.05) is 11.1 Å². The average Bonchev–Trinajstić information content (AvgIpc) is 3.35. The predicted octanol–water partition coefficient (Wildman–Crippen LogP) is 2.90. The molecule has 0 saturated carbocycles. The number of piperidine rings is 1. The van der Waals surface area contributed by atoms with Crippen LogP contribution in [0.25, 0.3) is 22.5 Å². The standard InChI is InChI=1S/C24H25N5O2/c25-13-15-9-11-29(12-10-15)14-19(30)26-18-8-4-7-17-20(18)24(31)21-22(27-28-23(17)21)16-5-2-1-3-6-16/h1-8,15H,9-14,25H2,(H,26,30)(H,27,28). The van der Waals surface area contributed by atoms with Crippen LogP contribution in [0.1, 0.15) is 28.8 Å². The fourth-order valence-electron chi connectivity index (χ4n) is 4.57. The number of fused-ring (bicyclic) bond motifs is 3. The van der Waals surface area contributed by atoms with Crippen LogP contribution in [0.2, 0.25) is 0 Å². The summed E-state index contributed by atoms with van der Waals surface area (Å²) >= 11 is 0. The summed E-state index contributed by atoms with van der Waals surface area (Å²) in [6.07, 6.45) is 2.04. The molecule has 3 aromatic rings. The Morgan fingerprint density at radius 3 is 2.61 bits per heavy atom. The smallest absolute Gasteiger partial charge is 0.238 e. The van der Waals surface area contributed by atoms with E-state index in [1.165, 1.54) is 0 Å². The van der Waals surface area contributed by atoms with E-state index >= 15 is 0 Å². The minimum absolute atomic E-state index is 0.107. The van der Waals surface area contributed by atoms with Gasteiger partial charge in [-0.2, -0.15) is 5.10 Å². The molecule has 0 spiro atoms. The van der Waals surface area contributed by atoms with Crippen LogP contribution in [0.15, 0.2) is 48.5 Å². The highest BCUT2D eigenvalue weighted by atomic mass is 16.2. The molecule has 1 amide bonds. The van der Waals surface area contributed by atoms with Crippen molar-refractivity contribution in [3.05, 3.63) is 59.7 Å². The summed E-state index contributed by atoms with van der Waals surface area (Å²) in [4.78, 5) is 28.2. The molecule has 1 aromatic heterocycles. The Kier molecular flexibility index (Phi) is 5.13. The number of rotatable bonds is 5. The second-order valence-electron chi connectivity index (χ2n) is 8.25. The molecular formula is C24H25N5O2. The van der Waals surface area contributed by atoms with Gasteiger partial charge in [-0.3, -0.25) is 19.6 Å². The third kappa shape index (κ3) is 3.56. The molecule has 7 nitrogen and oxygen atoms in total. The van der Waals surface area contributed by atoms with Crippen LogP contribution < -0.4 is 11.1 Å². The lowest BCUT2D eigenvalue weighted by molar-refractivity contribution is -0.117. The van der Waals surface area contributed by atoms with Crippen LogP contribution >= 0.6 is 0 Å². The molecule has 7 heteroatoms. The zero-order valence-electron chi connectivity index (χ0n) is 17.2. The highest BCUT2D eigenvalue weighted by molar-refractivity contribution is 6.27. The van der Waals surface area contributed by atoms with Gasteiger partial charge in [-0.25, -0.2) is 0 Å². The number of carbonyl (C=O) groups is 2. The monoisotopic (exact) mass is 415 g/mol. The van der Waals surface area contributed by atoms with E-state index < -0.39 is 0 Å². The molecule has 5 rings (SSSR count). The minimum Gasteiger partial charge on any atom is -0.330 e. The Bertz CT molecular complexity index is 1130. The molecule has 0 atom stereocenters. The quantitative estimate of drug-likeness (QED) is 0.465. The number of benzene rings is 2. The second-order valence-corrected chi connectivity index (χ2v) is 8.25. The van der Waals surface area contributed by atoms with Gasteiger partial charge in [-0.05, 0) is 44.5 Å². The second kappa shape index (κ2) is 8.09. The Labute approximate surface area is 180 Å². The van der Waals surface area contributed by atoms with Gasteiger partial charge in [0.2, 0.25) is 5.91 Å². The van der Waals surface area contributed by atoms with Crippen LogP contribution in [0.3, 0.4) is 0 Å². The number of carbonyl (C=O) groups excluding carboxylic acids is 2. The van der Waals surface area contributed by atoms with Crippen LogP contribution in [-0.2, 0) is 4.79 Å². The maximum atomic E-state index is 13.4. The number of likely N-dealkylation sites (tertiary alicyclic amines) is 1. The third-order valence-corrected chi connectivity index (χ3v) is 6.28. The molecule has 2 aliphatic rings. The SMILES string of the molecule is NCC1CCN(CC(=O)Nc2cccc3c2C(=O)c2c(-c4ccccc4)n[nH]c2-3)CC1. The Morgan fingerprint density at radius 1 is 1.10 bits per heavy atom. The number of nitrogens with one attached hydrogen (secondary N) is 2. The van der Waals surface area contributed by atoms with Gasteiger partial charge in [0.15, 0.2) is 5.78 Å². The van der Waals surface area contributed by atoms with Crippen LogP contribution in [-0.4, -0.2) is 53.0 Å². The van der Waals surface area contributed by atoms with Crippen molar-refractivity contribution in [3.63, 3.8) is 0 Å². The summed E-state index contributed by atoms with van der Waals surface area (Å²) < 4.78 is 0. The fraction of sp³-hybridized carbons (Fsp3) is 0.292. The van der Waals surface area contributed by atoms with Crippen molar-refractivity contribution >= 4 is 17.4 Å². The van der Waals surface area contributed by atoms with Crippen molar-refractivity contribution in [2.45, 2.75) is 12.8 Å². The van der Waals surface area contributed by atoms with E-state index in [0.29, 0.717) is 47.2 Å². The number of hydrogen-bond acceptors (Lipinski definition) is 5. The van der Waals surface area contributed by atoms with E-state index in [1.807, 2.05) is 42.5 Å². The molecule has 1 aliphatic heterocycles. The largest absolute Gasteiger partial charge is 0.330 e. The van der Waals surface area contributed by atoms with Crippen molar-refractivity contribution in [1.29, 1.82) is 0 Å². The predicted molar refractivity (Wildman–Crippen MR) is 120 cm³/mol. The summed E-state index contributed by atoms with van der Waals surface area (Å²) in [5, 5.41) is 10.4. The van der Waals surface area contributed by atoms with Crippen molar-refractivity contribution in [3.8, 4) is 22.5 Å². The van der Waals surface area contributed by atoms with E-state index in [2.05, 4.69) is 20.4 Å². The molecule has 158 valence electrons. The first-order valence-electron chi connectivity index (χ1n) is 10.7. The number of nitrogens with zero attached hydrogens (tertiary/aromatic N) is 2. The first kappa shape index (κ1) is 19.7. The van der Waals surface area contributed by atoms with Gasteiger partial charge in [0.1, 0.15) is 5.69 Å². The Hall–Kier alpha value is -3.29. The van der Waals surface area contributed by atoms with E-state index in [9.17, 15) is 9.59 Å². The molecule has 4 N–H and O–H groups in total. The summed E-state index contributed by atoms with van der Waals surface area (Å²) in [6.45, 7) is 2.77. The van der Waals surface area contributed by atoms with E-state index in [1.54, 1.807) is 6.07 Å². The molecular weight excluding hydrogens is 390 g/mol. The molecule has 1 fully saturated rings. The lowest BCUT2D eigenvalue weighted by Gasteiger charge is -2.30. The van der Waals surface area contributed by atoms with Gasteiger partial charge in [-0.15, -0.1) is 0 Å². The topological polar surface area (TPSA) is 104 Å². The first-order valence-corrected chi connectivity index (χ1v) is 10.7. The number of aromatic nitrogens is 2. The summed E-state index contributed by atoms with van der Waals surface area (Å²) in [6, 6.07) is 15.2. The summed E-state index contributed by atoms with van der Waals surface area (Å²) in [7, 11) is 0. The average molecular weight is 415 g/mol. The highest BCUT2D eigenvalue weighted by Crippen LogP contribution is 2.42. The Balaban J connectivity index is 1.37. The van der Waals surface area contributed by atoms with Crippen LogP contribution in [0, 0.1) is 5.92 Å². The van der Waals surface area contributed by atoms with E-state index in [0.717, 1.165) is 37.1 Å². The Morgan fingerprint density at radius 2 is 1.87 bits per heavy atom. The first-order chi connectivity index (χ1) is 15.2. The van der Waals surface area contributed by atoms with E-state index in [-0.39, 0.29) is 11.7 Å². The van der Waals surface area contributed by atoms with Gasteiger partial charge >= 0.3 is 0 Å².